The van der Waals surface area contributed by atoms with Crippen LogP contribution in [0.2, 0.25) is 0 Å². The number of carboxylic acid groups (broad SMARTS) is 2. The molecule has 0 rings (SSSR count). The van der Waals surface area contributed by atoms with Gasteiger partial charge in [0.1, 0.15) is 0 Å². The van der Waals surface area contributed by atoms with E-state index in [1.165, 1.54) is 0 Å². The van der Waals surface area contributed by atoms with Gasteiger partial charge in [-0.25, -0.2) is 14.0 Å². The van der Waals surface area contributed by atoms with Crippen molar-refractivity contribution in [3.8, 4) is 0 Å². The van der Waals surface area contributed by atoms with Crippen LogP contribution < -0.4 is 0 Å². The molecular weight excluding hydrogens is 204 g/mol. The first-order valence-corrected chi connectivity index (χ1v) is 2.74. The second kappa shape index (κ2) is 2.81. The van der Waals surface area contributed by atoms with E-state index in [0.29, 0.717) is 0 Å². The van der Waals surface area contributed by atoms with E-state index in [2.05, 4.69) is 11.6 Å². The maximum Gasteiger partial charge on any atom is 0.400 e. The fraction of sp³-hybridized carbons (Fsp3) is 0.500. The van der Waals surface area contributed by atoms with E-state index in [4.69, 9.17) is 10.2 Å². The summed E-state index contributed by atoms with van der Waals surface area (Å²) in [5.74, 6) is -10.9. The van der Waals surface area contributed by atoms with Crippen molar-refractivity contribution in [3.63, 3.8) is 0 Å². The Balaban J connectivity index is 5.01. The highest BCUT2D eigenvalue weighted by molar-refractivity contribution is 6.34. The number of hydrogen-bond donors (Lipinski definition) is 2. The van der Waals surface area contributed by atoms with Crippen LogP contribution in [0.25, 0.3) is 0 Å². The molecule has 4 nitrogen and oxygen atoms in total. The third-order valence-corrected chi connectivity index (χ3v) is 1.33. The Labute approximate surface area is 68.5 Å². The van der Waals surface area contributed by atoms with Crippen LogP contribution in [0.5, 0.6) is 0 Å². The van der Waals surface area contributed by atoms with Gasteiger partial charge in [-0.15, -0.1) is 0 Å². The highest BCUT2D eigenvalue weighted by Gasteiger charge is 2.65. The topological polar surface area (TPSA) is 74.6 Å². The molecule has 0 fully saturated rings. The van der Waals surface area contributed by atoms with Gasteiger partial charge in [0.25, 0.3) is 0 Å². The van der Waals surface area contributed by atoms with Gasteiger partial charge in [0, 0.05) is 0 Å². The monoisotopic (exact) mass is 206 g/mol. The normalized spacial score (nSPS) is 16.7. The average Bonchev–Trinajstić information content (AvgIpc) is 1.86. The van der Waals surface area contributed by atoms with E-state index in [-0.39, 0.29) is 0 Å². The van der Waals surface area contributed by atoms with Crippen LogP contribution in [0, 0.1) is 0 Å². The molecule has 70 valence electrons. The molecule has 0 saturated heterocycles. The molecule has 0 amide bonds. The molecular formula is C4H2ClF3O4. The first-order valence-electron chi connectivity index (χ1n) is 2.36. The van der Waals surface area contributed by atoms with Crippen molar-refractivity contribution < 1.29 is 33.0 Å². The Bertz CT molecular complexity index is 202. The molecule has 0 heterocycles. The fourth-order valence-electron chi connectivity index (χ4n) is 0.269. The summed E-state index contributed by atoms with van der Waals surface area (Å²) in [6.07, 6.45) is 0. The zero-order valence-electron chi connectivity index (χ0n) is 5.22. The summed E-state index contributed by atoms with van der Waals surface area (Å²) in [7, 11) is 0. The number of alkyl halides is 4. The lowest BCUT2D eigenvalue weighted by Crippen LogP contribution is -2.51. The minimum atomic E-state index is -5.17. The minimum absolute atomic E-state index is 2.75. The Hall–Kier alpha value is -0.980. The zero-order valence-corrected chi connectivity index (χ0v) is 5.98. The number of rotatable bonds is 3. The van der Waals surface area contributed by atoms with Gasteiger partial charge in [-0.3, -0.25) is 0 Å². The van der Waals surface area contributed by atoms with Crippen LogP contribution in [-0.2, 0) is 9.59 Å². The second-order valence-electron chi connectivity index (χ2n) is 1.76. The molecule has 0 aliphatic carbocycles. The SMILES string of the molecule is O=C(O)C(F)(F)[C@](F)(Cl)C(=O)O. The van der Waals surface area contributed by atoms with E-state index in [9.17, 15) is 22.8 Å². The maximum atomic E-state index is 12.3. The van der Waals surface area contributed by atoms with E-state index in [0.717, 1.165) is 0 Å². The highest BCUT2D eigenvalue weighted by Crippen LogP contribution is 2.36. The lowest BCUT2D eigenvalue weighted by atomic mass is 10.2. The predicted molar refractivity (Wildman–Crippen MR) is 29.9 cm³/mol. The van der Waals surface area contributed by atoms with Crippen molar-refractivity contribution in [2.24, 2.45) is 0 Å². The van der Waals surface area contributed by atoms with Gasteiger partial charge >= 0.3 is 23.0 Å². The van der Waals surface area contributed by atoms with Crippen LogP contribution in [0.15, 0.2) is 0 Å². The van der Waals surface area contributed by atoms with Crippen molar-refractivity contribution in [2.45, 2.75) is 11.1 Å². The van der Waals surface area contributed by atoms with E-state index < -0.39 is 23.0 Å². The molecule has 8 heteroatoms. The molecule has 0 aliphatic rings. The number of halogens is 4. The molecule has 0 aromatic heterocycles. The van der Waals surface area contributed by atoms with Gasteiger partial charge in [0.2, 0.25) is 0 Å². The Morgan fingerprint density at radius 3 is 1.50 bits per heavy atom. The van der Waals surface area contributed by atoms with Crippen molar-refractivity contribution >= 4 is 23.5 Å². The number of aliphatic carboxylic acids is 2. The smallest absolute Gasteiger partial charge is 0.400 e. The quantitative estimate of drug-likeness (QED) is 0.667. The summed E-state index contributed by atoms with van der Waals surface area (Å²) in [5.41, 5.74) is 0. The Morgan fingerprint density at radius 1 is 1.08 bits per heavy atom. The Kier molecular flexibility index (Phi) is 2.58. The summed E-state index contributed by atoms with van der Waals surface area (Å²) < 4.78 is 36.5. The van der Waals surface area contributed by atoms with Gasteiger partial charge in [0.05, 0.1) is 0 Å². The minimum Gasteiger partial charge on any atom is -0.478 e. The maximum absolute atomic E-state index is 12.3. The molecule has 0 aliphatic heterocycles. The summed E-state index contributed by atoms with van der Waals surface area (Å²) >= 11 is 4.16. The van der Waals surface area contributed by atoms with Crippen LogP contribution in [0.1, 0.15) is 0 Å². The number of hydrogen-bond acceptors (Lipinski definition) is 2. The molecule has 1 atom stereocenters. The van der Waals surface area contributed by atoms with E-state index in [1.807, 2.05) is 0 Å². The third-order valence-electron chi connectivity index (χ3n) is 0.932. The molecule has 0 unspecified atom stereocenters. The second-order valence-corrected chi connectivity index (χ2v) is 2.28. The van der Waals surface area contributed by atoms with Gasteiger partial charge in [0.15, 0.2) is 0 Å². The molecule has 0 saturated carbocycles. The zero-order chi connectivity index (χ0) is 10.2. The van der Waals surface area contributed by atoms with Gasteiger partial charge in [-0.05, 0) is 0 Å². The molecule has 0 aromatic carbocycles. The van der Waals surface area contributed by atoms with Crippen molar-refractivity contribution in [2.75, 3.05) is 0 Å². The van der Waals surface area contributed by atoms with Crippen LogP contribution in [0.3, 0.4) is 0 Å². The molecule has 0 bridgehead atoms. The Morgan fingerprint density at radius 2 is 1.42 bits per heavy atom. The van der Waals surface area contributed by atoms with Crippen LogP contribution in [0.4, 0.5) is 13.2 Å². The predicted octanol–water partition coefficient (Wildman–Crippen LogP) is 0.696. The first kappa shape index (κ1) is 11.0. The van der Waals surface area contributed by atoms with Crippen molar-refractivity contribution in [3.05, 3.63) is 0 Å². The van der Waals surface area contributed by atoms with E-state index >= 15 is 0 Å². The lowest BCUT2D eigenvalue weighted by molar-refractivity contribution is -0.189. The average molecular weight is 207 g/mol. The number of carboxylic acids is 2. The van der Waals surface area contributed by atoms with Gasteiger partial charge in [-0.2, -0.15) is 8.78 Å². The summed E-state index contributed by atoms with van der Waals surface area (Å²) in [6.45, 7) is 0. The largest absolute Gasteiger partial charge is 0.478 e. The highest BCUT2D eigenvalue weighted by atomic mass is 35.5. The molecule has 0 spiro atoms. The van der Waals surface area contributed by atoms with Crippen LogP contribution >= 0.6 is 11.6 Å². The number of carbonyl (C=O) groups is 2. The first-order chi connectivity index (χ1) is 5.14. The van der Waals surface area contributed by atoms with Gasteiger partial charge in [-0.1, -0.05) is 11.6 Å². The molecule has 0 radical (unpaired) electrons. The summed E-state index contributed by atoms with van der Waals surface area (Å²) in [4.78, 5) is 19.4. The molecule has 12 heavy (non-hydrogen) atoms. The third kappa shape index (κ3) is 1.45. The van der Waals surface area contributed by atoms with Gasteiger partial charge < -0.3 is 10.2 Å². The summed E-state index contributed by atoms with van der Waals surface area (Å²) in [6, 6.07) is 0. The fourth-order valence-corrected chi connectivity index (χ4v) is 0.349. The lowest BCUT2D eigenvalue weighted by Gasteiger charge is -2.19. The molecule has 0 aromatic rings. The molecule has 2 N–H and O–H groups in total. The van der Waals surface area contributed by atoms with Crippen molar-refractivity contribution in [1.29, 1.82) is 0 Å². The standard InChI is InChI=1S/C4H2ClF3O4/c5-3(6,1(9)10)4(7,8)2(11)12/h(H,9,10)(H,11,12)/t3-/m0/s1. The van der Waals surface area contributed by atoms with E-state index in [1.54, 1.807) is 0 Å². The van der Waals surface area contributed by atoms with Crippen LogP contribution in [-0.4, -0.2) is 33.2 Å². The summed E-state index contributed by atoms with van der Waals surface area (Å²) in [5, 5.41) is 10.8. The van der Waals surface area contributed by atoms with Crippen molar-refractivity contribution in [1.82, 2.24) is 0 Å².